The van der Waals surface area contributed by atoms with Gasteiger partial charge >= 0.3 is 0 Å². The van der Waals surface area contributed by atoms with Gasteiger partial charge in [0.25, 0.3) is 0 Å². The Hall–Kier alpha value is -0.240. The van der Waals surface area contributed by atoms with Crippen LogP contribution in [-0.4, -0.2) is 5.11 Å². The molecule has 2 rings (SSSR count). The van der Waals surface area contributed by atoms with E-state index in [0.717, 1.165) is 18.8 Å². The summed E-state index contributed by atoms with van der Waals surface area (Å²) in [4.78, 5) is 0. The Balaban J connectivity index is 2.19. The summed E-state index contributed by atoms with van der Waals surface area (Å²) in [6.45, 7) is 4.55. The van der Waals surface area contributed by atoms with Gasteiger partial charge in [-0.2, -0.15) is 0 Å². The lowest BCUT2D eigenvalue weighted by molar-refractivity contribution is 0.0562. The maximum absolute atomic E-state index is 10.5. The van der Waals surface area contributed by atoms with Gasteiger partial charge in [0.15, 0.2) is 0 Å². The zero-order valence-corrected chi connectivity index (χ0v) is 12.4. The summed E-state index contributed by atoms with van der Waals surface area (Å²) in [7, 11) is 0. The van der Waals surface area contributed by atoms with Gasteiger partial charge in [-0.1, -0.05) is 49.5 Å². The van der Waals surface area contributed by atoms with Gasteiger partial charge < -0.3 is 5.11 Å². The first kappa shape index (κ1) is 14.2. The number of aliphatic hydroxyl groups excluding tert-OH is 1. The van der Waals surface area contributed by atoms with Crippen molar-refractivity contribution >= 4 is 23.2 Å². The molecule has 3 heteroatoms. The predicted molar refractivity (Wildman–Crippen MR) is 77.1 cm³/mol. The largest absolute Gasteiger partial charge is 0.388 e. The van der Waals surface area contributed by atoms with Crippen molar-refractivity contribution in [3.05, 3.63) is 33.8 Å². The molecule has 1 saturated carbocycles. The van der Waals surface area contributed by atoms with Crippen molar-refractivity contribution in [1.82, 2.24) is 0 Å². The highest BCUT2D eigenvalue weighted by molar-refractivity contribution is 6.36. The quantitative estimate of drug-likeness (QED) is 0.802. The average molecular weight is 287 g/mol. The smallest absolute Gasteiger partial charge is 0.0847 e. The van der Waals surface area contributed by atoms with Crippen molar-refractivity contribution in [1.29, 1.82) is 0 Å². The first-order valence-electron chi connectivity index (χ1n) is 6.62. The van der Waals surface area contributed by atoms with E-state index in [1.165, 1.54) is 6.42 Å². The second kappa shape index (κ2) is 5.81. The van der Waals surface area contributed by atoms with E-state index >= 15 is 0 Å². The van der Waals surface area contributed by atoms with Gasteiger partial charge in [0.2, 0.25) is 0 Å². The van der Waals surface area contributed by atoms with Gasteiger partial charge in [-0.3, -0.25) is 0 Å². The summed E-state index contributed by atoms with van der Waals surface area (Å²) in [5.74, 6) is 1.67. The van der Waals surface area contributed by atoms with Crippen LogP contribution < -0.4 is 0 Å². The van der Waals surface area contributed by atoms with Crippen LogP contribution in [0, 0.1) is 17.8 Å². The molecule has 18 heavy (non-hydrogen) atoms. The molecule has 1 aromatic rings. The molecule has 0 heterocycles. The fraction of sp³-hybridized carbons (Fsp3) is 0.600. The first-order chi connectivity index (χ1) is 8.50. The topological polar surface area (TPSA) is 20.2 Å². The third-order valence-corrected chi connectivity index (χ3v) is 5.04. The number of hydrogen-bond donors (Lipinski definition) is 1. The van der Waals surface area contributed by atoms with Crippen molar-refractivity contribution < 1.29 is 5.11 Å². The third kappa shape index (κ3) is 2.84. The average Bonchev–Trinajstić information content (AvgIpc) is 2.32. The molecule has 1 N–H and O–H groups in total. The molecule has 0 radical (unpaired) electrons. The SMILES string of the molecule is CC1CCC(C(O)c2c(Cl)cccc2Cl)CC1C. The molecule has 4 unspecified atom stereocenters. The van der Waals surface area contributed by atoms with Crippen LogP contribution in [-0.2, 0) is 0 Å². The van der Waals surface area contributed by atoms with Gasteiger partial charge in [0.1, 0.15) is 0 Å². The number of benzene rings is 1. The summed E-state index contributed by atoms with van der Waals surface area (Å²) in [6, 6.07) is 5.40. The van der Waals surface area contributed by atoms with Gasteiger partial charge in [0, 0.05) is 15.6 Å². The maximum Gasteiger partial charge on any atom is 0.0847 e. The molecule has 1 fully saturated rings. The van der Waals surface area contributed by atoms with Gasteiger partial charge in [-0.25, -0.2) is 0 Å². The molecular formula is C15H20Cl2O. The molecule has 1 aliphatic rings. The molecule has 0 aliphatic heterocycles. The highest BCUT2D eigenvalue weighted by atomic mass is 35.5. The summed E-state index contributed by atoms with van der Waals surface area (Å²) in [5, 5.41) is 11.7. The standard InChI is InChI=1S/C15H20Cl2O/c1-9-6-7-11(8-10(9)2)15(18)14-12(16)4-3-5-13(14)17/h3-5,9-11,15,18H,6-8H2,1-2H3. The van der Waals surface area contributed by atoms with Crippen LogP contribution >= 0.6 is 23.2 Å². The Morgan fingerprint density at radius 3 is 2.28 bits per heavy atom. The van der Waals surface area contributed by atoms with Crippen molar-refractivity contribution in [2.24, 2.45) is 17.8 Å². The van der Waals surface area contributed by atoms with E-state index in [1.807, 2.05) is 6.07 Å². The number of halogens is 2. The van der Waals surface area contributed by atoms with E-state index in [2.05, 4.69) is 13.8 Å². The van der Waals surface area contributed by atoms with Gasteiger partial charge in [0.05, 0.1) is 6.10 Å². The van der Waals surface area contributed by atoms with E-state index in [-0.39, 0.29) is 5.92 Å². The lowest BCUT2D eigenvalue weighted by atomic mass is 9.73. The number of aliphatic hydroxyl groups is 1. The van der Waals surface area contributed by atoms with Gasteiger partial charge in [-0.15, -0.1) is 0 Å². The predicted octanol–water partition coefficient (Wildman–Crippen LogP) is 5.10. The van der Waals surface area contributed by atoms with Crippen LogP contribution in [0.1, 0.15) is 44.8 Å². The molecule has 0 bridgehead atoms. The Kier molecular flexibility index (Phi) is 4.58. The molecule has 100 valence electrons. The van der Waals surface area contributed by atoms with E-state index in [1.54, 1.807) is 12.1 Å². The fourth-order valence-corrected chi connectivity index (χ4v) is 3.53. The van der Waals surface area contributed by atoms with E-state index < -0.39 is 6.10 Å². The lowest BCUT2D eigenvalue weighted by Crippen LogP contribution is -2.25. The first-order valence-corrected chi connectivity index (χ1v) is 7.38. The highest BCUT2D eigenvalue weighted by Gasteiger charge is 2.31. The number of rotatable bonds is 2. The van der Waals surface area contributed by atoms with Crippen LogP contribution in [0.3, 0.4) is 0 Å². The molecule has 4 atom stereocenters. The van der Waals surface area contributed by atoms with Crippen LogP contribution in [0.5, 0.6) is 0 Å². The minimum absolute atomic E-state index is 0.272. The van der Waals surface area contributed by atoms with Crippen molar-refractivity contribution in [3.63, 3.8) is 0 Å². The second-order valence-corrected chi connectivity index (χ2v) is 6.42. The summed E-state index contributed by atoms with van der Waals surface area (Å²) in [5.41, 5.74) is 0.701. The zero-order valence-electron chi connectivity index (χ0n) is 10.9. The summed E-state index contributed by atoms with van der Waals surface area (Å²) < 4.78 is 0. The van der Waals surface area contributed by atoms with Crippen LogP contribution in [0.4, 0.5) is 0 Å². The van der Waals surface area contributed by atoms with Crippen LogP contribution in [0.2, 0.25) is 10.0 Å². The molecule has 0 aromatic heterocycles. The van der Waals surface area contributed by atoms with Crippen LogP contribution in [0.25, 0.3) is 0 Å². The van der Waals surface area contributed by atoms with Crippen molar-refractivity contribution in [3.8, 4) is 0 Å². The van der Waals surface area contributed by atoms with E-state index in [4.69, 9.17) is 23.2 Å². The van der Waals surface area contributed by atoms with Crippen molar-refractivity contribution in [2.75, 3.05) is 0 Å². The molecule has 0 spiro atoms. The Morgan fingerprint density at radius 2 is 1.72 bits per heavy atom. The summed E-state index contributed by atoms with van der Waals surface area (Å²) >= 11 is 12.3. The minimum Gasteiger partial charge on any atom is -0.388 e. The molecule has 0 saturated heterocycles. The molecule has 0 amide bonds. The minimum atomic E-state index is -0.541. The molecule has 1 aromatic carbocycles. The number of hydrogen-bond acceptors (Lipinski definition) is 1. The Bertz CT molecular complexity index is 399. The van der Waals surface area contributed by atoms with Crippen molar-refractivity contribution in [2.45, 2.75) is 39.2 Å². The zero-order chi connectivity index (χ0) is 13.3. The van der Waals surface area contributed by atoms with Crippen LogP contribution in [0.15, 0.2) is 18.2 Å². The Morgan fingerprint density at radius 1 is 1.11 bits per heavy atom. The maximum atomic E-state index is 10.5. The van der Waals surface area contributed by atoms with E-state index in [9.17, 15) is 5.11 Å². The monoisotopic (exact) mass is 286 g/mol. The fourth-order valence-electron chi connectivity index (χ4n) is 2.90. The molecular weight excluding hydrogens is 267 g/mol. The molecule has 1 aliphatic carbocycles. The van der Waals surface area contributed by atoms with Gasteiger partial charge in [-0.05, 0) is 42.7 Å². The lowest BCUT2D eigenvalue weighted by Gasteiger charge is -2.35. The summed E-state index contributed by atoms with van der Waals surface area (Å²) in [6.07, 6.45) is 2.73. The third-order valence-electron chi connectivity index (χ3n) is 4.38. The van der Waals surface area contributed by atoms with E-state index in [0.29, 0.717) is 21.5 Å². The highest BCUT2D eigenvalue weighted by Crippen LogP contribution is 2.43. The molecule has 1 nitrogen and oxygen atoms in total. The second-order valence-electron chi connectivity index (χ2n) is 5.61. The normalized spacial score (nSPS) is 30.2. The Labute approximate surface area is 119 Å².